The van der Waals surface area contributed by atoms with Crippen molar-refractivity contribution < 1.29 is 19.2 Å². The number of ether oxygens (including phenoxy) is 1. The number of nitro groups is 1. The third-order valence-corrected chi connectivity index (χ3v) is 8.49. The van der Waals surface area contributed by atoms with Gasteiger partial charge in [-0.1, -0.05) is 29.3 Å². The molecule has 2 aromatic carbocycles. The van der Waals surface area contributed by atoms with Crippen LogP contribution in [0.25, 0.3) is 0 Å². The van der Waals surface area contributed by atoms with Crippen molar-refractivity contribution in [1.82, 2.24) is 9.80 Å². The Bertz CT molecular complexity index is 1360. The highest BCUT2D eigenvalue weighted by Crippen LogP contribution is 2.41. The van der Waals surface area contributed by atoms with Crippen LogP contribution in [0.3, 0.4) is 0 Å². The molecule has 3 heterocycles. The van der Waals surface area contributed by atoms with Crippen LogP contribution in [0.4, 0.5) is 5.69 Å². The van der Waals surface area contributed by atoms with Crippen LogP contribution in [-0.2, 0) is 16.0 Å². The van der Waals surface area contributed by atoms with Gasteiger partial charge >= 0.3 is 0 Å². The average Bonchev–Trinajstić information content (AvgIpc) is 3.60. The average molecular weight is 574 g/mol. The normalized spacial score (nSPS) is 18.7. The Morgan fingerprint density at radius 2 is 1.92 bits per heavy atom. The molecule has 38 heavy (non-hydrogen) atoms. The summed E-state index contributed by atoms with van der Waals surface area (Å²) < 4.78 is 5.76. The van der Waals surface area contributed by atoms with E-state index in [0.29, 0.717) is 29.6 Å². The Kier molecular flexibility index (Phi) is 7.99. The molecule has 0 aliphatic carbocycles. The Morgan fingerprint density at radius 1 is 1.13 bits per heavy atom. The number of thiophene rings is 1. The standard InChI is InChI=1S/C27H25Cl2N3O5S/c28-18-5-8-21(23(29)14-18)26-22-10-13-38-24(22)9-11-31(26)25(33)16-30(15-20-2-1-12-37-20)27(34)17-3-6-19(7-4-17)32(35)36/h3-8,10,13-14,20,26H,1-2,9,11-12,15-16H2. The van der Waals surface area contributed by atoms with Crippen LogP contribution in [0.2, 0.25) is 10.0 Å². The molecule has 0 N–H and O–H groups in total. The van der Waals surface area contributed by atoms with Gasteiger partial charge in [0.05, 0.1) is 17.1 Å². The summed E-state index contributed by atoms with van der Waals surface area (Å²) >= 11 is 14.4. The molecule has 2 unspecified atom stereocenters. The molecule has 1 aromatic heterocycles. The molecule has 0 saturated carbocycles. The minimum absolute atomic E-state index is 0.106. The molecule has 1 fully saturated rings. The molecule has 8 nitrogen and oxygen atoms in total. The summed E-state index contributed by atoms with van der Waals surface area (Å²) in [5.41, 5.74) is 1.96. The number of non-ortho nitro benzene ring substituents is 1. The van der Waals surface area contributed by atoms with Crippen LogP contribution in [0, 0.1) is 10.1 Å². The zero-order chi connectivity index (χ0) is 26.8. The van der Waals surface area contributed by atoms with E-state index in [1.807, 2.05) is 17.5 Å². The van der Waals surface area contributed by atoms with Crippen molar-refractivity contribution in [3.63, 3.8) is 0 Å². The van der Waals surface area contributed by atoms with Gasteiger partial charge in [-0.15, -0.1) is 11.3 Å². The molecule has 198 valence electrons. The number of benzene rings is 2. The van der Waals surface area contributed by atoms with E-state index in [2.05, 4.69) is 0 Å². The Balaban J connectivity index is 1.43. The highest BCUT2D eigenvalue weighted by Gasteiger charge is 2.36. The molecule has 2 atom stereocenters. The van der Waals surface area contributed by atoms with Gasteiger partial charge in [-0.2, -0.15) is 0 Å². The first-order valence-electron chi connectivity index (χ1n) is 12.3. The lowest BCUT2D eigenvalue weighted by Crippen LogP contribution is -2.48. The summed E-state index contributed by atoms with van der Waals surface area (Å²) in [5, 5.41) is 14.0. The van der Waals surface area contributed by atoms with E-state index in [9.17, 15) is 19.7 Å². The molecule has 5 rings (SSSR count). The van der Waals surface area contributed by atoms with Crippen molar-refractivity contribution in [3.8, 4) is 0 Å². The van der Waals surface area contributed by atoms with Crippen LogP contribution in [-0.4, -0.2) is 58.9 Å². The van der Waals surface area contributed by atoms with Crippen LogP contribution in [0.1, 0.15) is 45.2 Å². The molecular weight excluding hydrogens is 549 g/mol. The first-order chi connectivity index (χ1) is 18.3. The largest absolute Gasteiger partial charge is 0.376 e. The number of halogens is 2. The lowest BCUT2D eigenvalue weighted by molar-refractivity contribution is -0.384. The molecular formula is C27H25Cl2N3O5S. The van der Waals surface area contributed by atoms with E-state index < -0.39 is 11.0 Å². The van der Waals surface area contributed by atoms with Crippen LogP contribution in [0.15, 0.2) is 53.9 Å². The summed E-state index contributed by atoms with van der Waals surface area (Å²) in [7, 11) is 0. The number of carbonyl (C=O) groups is 2. The van der Waals surface area contributed by atoms with Gasteiger partial charge in [0.25, 0.3) is 11.6 Å². The van der Waals surface area contributed by atoms with E-state index in [1.54, 1.807) is 28.4 Å². The topological polar surface area (TPSA) is 93.0 Å². The van der Waals surface area contributed by atoms with Crippen LogP contribution in [0.5, 0.6) is 0 Å². The minimum Gasteiger partial charge on any atom is -0.376 e. The zero-order valence-electron chi connectivity index (χ0n) is 20.3. The fourth-order valence-electron chi connectivity index (χ4n) is 5.06. The Labute approximate surface area is 233 Å². The summed E-state index contributed by atoms with van der Waals surface area (Å²) in [6, 6.07) is 12.3. The van der Waals surface area contributed by atoms with Gasteiger partial charge in [0.2, 0.25) is 5.91 Å². The Morgan fingerprint density at radius 3 is 2.61 bits per heavy atom. The zero-order valence-corrected chi connectivity index (χ0v) is 22.7. The van der Waals surface area contributed by atoms with Gasteiger partial charge in [0.1, 0.15) is 6.54 Å². The second kappa shape index (κ2) is 11.4. The highest BCUT2D eigenvalue weighted by molar-refractivity contribution is 7.10. The van der Waals surface area contributed by atoms with Gasteiger partial charge in [0.15, 0.2) is 0 Å². The second-order valence-electron chi connectivity index (χ2n) is 9.33. The van der Waals surface area contributed by atoms with Crippen molar-refractivity contribution in [2.45, 2.75) is 31.4 Å². The molecule has 1 saturated heterocycles. The van der Waals surface area contributed by atoms with Crippen molar-refractivity contribution in [2.75, 3.05) is 26.2 Å². The maximum atomic E-state index is 13.9. The number of nitrogens with zero attached hydrogens (tertiary/aromatic N) is 3. The molecule has 2 aliphatic rings. The van der Waals surface area contributed by atoms with Crippen LogP contribution >= 0.6 is 34.5 Å². The first kappa shape index (κ1) is 26.6. The van der Waals surface area contributed by atoms with Crippen molar-refractivity contribution >= 4 is 52.0 Å². The first-order valence-corrected chi connectivity index (χ1v) is 13.9. The maximum absolute atomic E-state index is 13.9. The number of amides is 2. The summed E-state index contributed by atoms with van der Waals surface area (Å²) in [6.45, 7) is 1.19. The SMILES string of the molecule is O=C(c1ccc([N+](=O)[O-])cc1)N(CC(=O)N1CCc2sccc2C1c1ccc(Cl)cc1Cl)CC1CCCO1. The van der Waals surface area contributed by atoms with E-state index in [-0.39, 0.29) is 42.3 Å². The predicted octanol–water partition coefficient (Wildman–Crippen LogP) is 5.76. The molecule has 0 spiro atoms. The van der Waals surface area contributed by atoms with Gasteiger partial charge in [-0.05, 0) is 66.1 Å². The maximum Gasteiger partial charge on any atom is 0.269 e. The van der Waals surface area contributed by atoms with E-state index in [1.165, 1.54) is 34.0 Å². The summed E-state index contributed by atoms with van der Waals surface area (Å²) in [4.78, 5) is 42.4. The lowest BCUT2D eigenvalue weighted by atomic mass is 9.93. The molecule has 11 heteroatoms. The molecule has 2 amide bonds. The van der Waals surface area contributed by atoms with Crippen molar-refractivity contribution in [1.29, 1.82) is 0 Å². The monoisotopic (exact) mass is 573 g/mol. The molecule has 0 bridgehead atoms. The molecule has 2 aliphatic heterocycles. The lowest BCUT2D eigenvalue weighted by Gasteiger charge is -2.38. The van der Waals surface area contributed by atoms with E-state index in [0.717, 1.165) is 24.0 Å². The van der Waals surface area contributed by atoms with Gasteiger partial charge in [-0.3, -0.25) is 19.7 Å². The van der Waals surface area contributed by atoms with Gasteiger partial charge < -0.3 is 14.5 Å². The summed E-state index contributed by atoms with van der Waals surface area (Å²) in [5.74, 6) is -0.593. The van der Waals surface area contributed by atoms with Crippen LogP contribution < -0.4 is 0 Å². The van der Waals surface area contributed by atoms with Crippen molar-refractivity contribution in [3.05, 3.63) is 95.6 Å². The minimum atomic E-state index is -0.515. The highest BCUT2D eigenvalue weighted by atomic mass is 35.5. The smallest absolute Gasteiger partial charge is 0.269 e. The fourth-order valence-corrected chi connectivity index (χ4v) is 6.48. The second-order valence-corrected chi connectivity index (χ2v) is 11.2. The summed E-state index contributed by atoms with van der Waals surface area (Å²) in [6.07, 6.45) is 2.23. The van der Waals surface area contributed by atoms with Gasteiger partial charge in [0, 0.05) is 52.3 Å². The fraction of sp³-hybridized carbons (Fsp3) is 0.333. The third-order valence-electron chi connectivity index (χ3n) is 6.93. The van der Waals surface area contributed by atoms with Crippen molar-refractivity contribution in [2.24, 2.45) is 0 Å². The number of rotatable bonds is 7. The number of carbonyl (C=O) groups excluding carboxylic acids is 2. The van der Waals surface area contributed by atoms with E-state index in [4.69, 9.17) is 27.9 Å². The Hall–Kier alpha value is -2.98. The van der Waals surface area contributed by atoms with E-state index >= 15 is 0 Å². The number of fused-ring (bicyclic) bond motifs is 1. The predicted molar refractivity (Wildman–Crippen MR) is 146 cm³/mol. The molecule has 0 radical (unpaired) electrons. The number of hydrogen-bond donors (Lipinski definition) is 0. The molecule has 3 aromatic rings. The number of nitro benzene ring substituents is 1. The quantitative estimate of drug-likeness (QED) is 0.264. The third kappa shape index (κ3) is 5.56. The van der Waals surface area contributed by atoms with Gasteiger partial charge in [-0.25, -0.2) is 0 Å². The number of hydrogen-bond acceptors (Lipinski definition) is 6.